The van der Waals surface area contributed by atoms with Crippen LogP contribution >= 0.6 is 11.6 Å². The molecule has 0 N–H and O–H groups in total. The van der Waals surface area contributed by atoms with Gasteiger partial charge in [0.25, 0.3) is 0 Å². The van der Waals surface area contributed by atoms with E-state index in [-0.39, 0.29) is 23.7 Å². The molecule has 1 aromatic carbocycles. The number of anilines is 1. The zero-order chi connectivity index (χ0) is 27.1. The summed E-state index contributed by atoms with van der Waals surface area (Å²) in [6, 6.07) is 4.81. The quantitative estimate of drug-likeness (QED) is 0.0831. The minimum absolute atomic E-state index is 0.125. The van der Waals surface area contributed by atoms with Crippen LogP contribution in [0.5, 0.6) is 0 Å². The number of imide groups is 1. The summed E-state index contributed by atoms with van der Waals surface area (Å²) in [6.45, 7) is 2.62. The number of unbranched alkanes of at least 4 members (excludes halogenated alkanes) is 9. The minimum Gasteiger partial charge on any atom is -0.462 e. The van der Waals surface area contributed by atoms with Gasteiger partial charge in [-0.05, 0) is 73.0 Å². The molecule has 8 unspecified atom stereocenters. The SMILES string of the molecule is CCCCCCCCCCCCOC(=O)c1ccc(Cl)c(N2C(=O)C3C4CC(C3C2=O)C2C3C=CC(C3)C42)c1. The number of hydrogen-bond donors (Lipinski definition) is 0. The average molecular weight is 552 g/mol. The number of ether oxygens (including phenoxy) is 1. The van der Waals surface area contributed by atoms with Crippen molar-refractivity contribution in [2.45, 2.75) is 84.0 Å². The Balaban J connectivity index is 1.03. The Labute approximate surface area is 237 Å². The van der Waals surface area contributed by atoms with Gasteiger partial charge in [0.1, 0.15) is 0 Å². The highest BCUT2D eigenvalue weighted by atomic mass is 35.5. The summed E-state index contributed by atoms with van der Waals surface area (Å²) in [5.74, 6) is 1.67. The summed E-state index contributed by atoms with van der Waals surface area (Å²) in [6.07, 6.45) is 19.1. The molecule has 3 saturated carbocycles. The Morgan fingerprint density at radius 3 is 2.00 bits per heavy atom. The molecule has 1 heterocycles. The Hall–Kier alpha value is -2.14. The molecule has 210 valence electrons. The predicted molar refractivity (Wildman–Crippen MR) is 152 cm³/mol. The van der Waals surface area contributed by atoms with Crippen molar-refractivity contribution in [3.63, 3.8) is 0 Å². The van der Waals surface area contributed by atoms with Crippen molar-refractivity contribution in [3.8, 4) is 0 Å². The monoisotopic (exact) mass is 551 g/mol. The first-order valence-corrected chi connectivity index (χ1v) is 15.9. The van der Waals surface area contributed by atoms with E-state index in [1.54, 1.807) is 18.2 Å². The van der Waals surface area contributed by atoms with E-state index < -0.39 is 5.97 Å². The second-order valence-electron chi connectivity index (χ2n) is 12.7. The van der Waals surface area contributed by atoms with Gasteiger partial charge in [0.05, 0.1) is 34.7 Å². The third-order valence-corrected chi connectivity index (χ3v) is 10.9. The molecule has 0 aromatic heterocycles. The van der Waals surface area contributed by atoms with Gasteiger partial charge < -0.3 is 4.74 Å². The van der Waals surface area contributed by atoms with Crippen molar-refractivity contribution in [2.24, 2.45) is 47.3 Å². The summed E-state index contributed by atoms with van der Waals surface area (Å²) in [5.41, 5.74) is 0.668. The van der Waals surface area contributed by atoms with Crippen molar-refractivity contribution in [1.82, 2.24) is 0 Å². The minimum atomic E-state index is -0.430. The number of hydrogen-bond acceptors (Lipinski definition) is 4. The third kappa shape index (κ3) is 4.77. The zero-order valence-corrected chi connectivity index (χ0v) is 23.9. The van der Waals surface area contributed by atoms with Crippen LogP contribution in [0.4, 0.5) is 5.69 Å². The molecule has 4 fully saturated rings. The first kappa shape index (κ1) is 27.1. The first-order valence-electron chi connectivity index (χ1n) is 15.5. The normalized spacial score (nSPS) is 33.3. The molecular weight excluding hydrogens is 510 g/mol. The molecule has 1 saturated heterocycles. The van der Waals surface area contributed by atoms with Gasteiger partial charge in [-0.3, -0.25) is 9.59 Å². The lowest BCUT2D eigenvalue weighted by atomic mass is 9.65. The molecule has 6 heteroatoms. The molecule has 4 bridgehead atoms. The van der Waals surface area contributed by atoms with Gasteiger partial charge in [-0.15, -0.1) is 0 Å². The van der Waals surface area contributed by atoms with Gasteiger partial charge in [-0.1, -0.05) is 88.5 Å². The fraction of sp³-hybridized carbons (Fsp3) is 0.667. The largest absolute Gasteiger partial charge is 0.462 e. The third-order valence-electron chi connectivity index (χ3n) is 10.6. The maximum atomic E-state index is 13.7. The fourth-order valence-corrected chi connectivity index (χ4v) is 9.21. The molecule has 6 rings (SSSR count). The molecule has 1 aliphatic heterocycles. The number of carbonyl (C=O) groups excluding carboxylic acids is 3. The molecule has 4 aliphatic carbocycles. The van der Waals surface area contributed by atoms with Gasteiger partial charge in [0, 0.05) is 0 Å². The fourth-order valence-electron chi connectivity index (χ4n) is 9.00. The van der Waals surface area contributed by atoms with E-state index >= 15 is 0 Å². The molecule has 2 amide bonds. The summed E-state index contributed by atoms with van der Waals surface area (Å²) >= 11 is 6.52. The summed E-state index contributed by atoms with van der Waals surface area (Å²) in [5, 5.41) is 0.317. The van der Waals surface area contributed by atoms with Crippen LogP contribution in [0.3, 0.4) is 0 Å². The Morgan fingerprint density at radius 1 is 0.846 bits per heavy atom. The molecule has 1 aromatic rings. The van der Waals surface area contributed by atoms with Crippen LogP contribution in [-0.2, 0) is 14.3 Å². The molecular formula is C33H42ClNO4. The van der Waals surface area contributed by atoms with Crippen molar-refractivity contribution < 1.29 is 19.1 Å². The van der Waals surface area contributed by atoms with Crippen LogP contribution in [0.15, 0.2) is 30.4 Å². The van der Waals surface area contributed by atoms with Crippen LogP contribution < -0.4 is 4.90 Å². The summed E-state index contributed by atoms with van der Waals surface area (Å²) in [4.78, 5) is 41.5. The van der Waals surface area contributed by atoms with Gasteiger partial charge >= 0.3 is 5.97 Å². The average Bonchev–Trinajstić information content (AvgIpc) is 3.74. The standard InChI is InChI=1S/C33H42ClNO4/c1-2-3-4-5-6-7-8-9-10-11-16-39-33(38)22-14-15-25(34)26(18-22)35-31(36)29-23-19-24(30(29)32(35)37)28-21-13-12-20(17-21)27(23)28/h12-15,18,20-21,23-24,27-30H,2-11,16-17,19H2,1H3. The van der Waals surface area contributed by atoms with E-state index in [0.717, 1.165) is 19.3 Å². The van der Waals surface area contributed by atoms with Gasteiger partial charge in [-0.2, -0.15) is 0 Å². The molecule has 39 heavy (non-hydrogen) atoms. The number of allylic oxidation sites excluding steroid dienone is 2. The van der Waals surface area contributed by atoms with Crippen LogP contribution in [0.2, 0.25) is 5.02 Å². The number of carbonyl (C=O) groups is 3. The molecule has 5 aliphatic rings. The number of nitrogens with zero attached hydrogens (tertiary/aromatic N) is 1. The van der Waals surface area contributed by atoms with Crippen LogP contribution in [0.25, 0.3) is 0 Å². The van der Waals surface area contributed by atoms with Gasteiger partial charge in [-0.25, -0.2) is 9.69 Å². The lowest BCUT2D eigenvalue weighted by molar-refractivity contribution is -0.123. The number of fused-ring (bicyclic) bond motifs is 12. The lowest BCUT2D eigenvalue weighted by Crippen LogP contribution is -2.38. The number of amides is 2. The summed E-state index contributed by atoms with van der Waals surface area (Å²) in [7, 11) is 0. The second-order valence-corrected chi connectivity index (χ2v) is 13.1. The number of benzene rings is 1. The smallest absolute Gasteiger partial charge is 0.338 e. The topological polar surface area (TPSA) is 63.7 Å². The zero-order valence-electron chi connectivity index (χ0n) is 23.2. The second kappa shape index (κ2) is 11.4. The molecule has 0 spiro atoms. The first-order chi connectivity index (χ1) is 19.0. The van der Waals surface area contributed by atoms with Crippen LogP contribution in [0.1, 0.15) is 94.3 Å². The van der Waals surface area contributed by atoms with Crippen molar-refractivity contribution in [2.75, 3.05) is 11.5 Å². The maximum absolute atomic E-state index is 13.7. The number of esters is 1. The lowest BCUT2D eigenvalue weighted by Gasteiger charge is -2.36. The van der Waals surface area contributed by atoms with Crippen LogP contribution in [-0.4, -0.2) is 24.4 Å². The predicted octanol–water partition coefficient (Wildman–Crippen LogP) is 7.61. The van der Waals surface area contributed by atoms with E-state index in [1.807, 2.05) is 0 Å². The molecule has 0 radical (unpaired) electrons. The molecule has 8 atom stereocenters. The van der Waals surface area contributed by atoms with Gasteiger partial charge in [0.15, 0.2) is 0 Å². The maximum Gasteiger partial charge on any atom is 0.338 e. The Kier molecular flexibility index (Phi) is 7.90. The number of halogens is 1. The van der Waals surface area contributed by atoms with Gasteiger partial charge in [0.2, 0.25) is 11.8 Å². The van der Waals surface area contributed by atoms with E-state index in [0.29, 0.717) is 58.4 Å². The van der Waals surface area contributed by atoms with E-state index in [9.17, 15) is 14.4 Å². The summed E-state index contributed by atoms with van der Waals surface area (Å²) < 4.78 is 5.53. The van der Waals surface area contributed by atoms with Crippen LogP contribution in [0, 0.1) is 47.3 Å². The van der Waals surface area contributed by atoms with Crippen molar-refractivity contribution in [1.29, 1.82) is 0 Å². The van der Waals surface area contributed by atoms with Crippen molar-refractivity contribution >= 4 is 35.1 Å². The Bertz CT molecular complexity index is 1100. The molecule has 5 nitrogen and oxygen atoms in total. The van der Waals surface area contributed by atoms with E-state index in [1.165, 1.54) is 62.7 Å². The van der Waals surface area contributed by atoms with E-state index in [4.69, 9.17) is 16.3 Å². The highest BCUT2D eigenvalue weighted by Gasteiger charge is 2.71. The van der Waals surface area contributed by atoms with Crippen molar-refractivity contribution in [3.05, 3.63) is 40.9 Å². The van der Waals surface area contributed by atoms with E-state index in [2.05, 4.69) is 19.1 Å². The Morgan fingerprint density at radius 2 is 1.41 bits per heavy atom. The number of rotatable bonds is 13. The highest BCUT2D eigenvalue weighted by Crippen LogP contribution is 2.70. The highest BCUT2D eigenvalue weighted by molar-refractivity contribution is 6.36.